The second-order valence-corrected chi connectivity index (χ2v) is 10.7. The fourth-order valence-electron chi connectivity index (χ4n) is 6.62. The zero-order valence-corrected chi connectivity index (χ0v) is 22.9. The molecule has 1 aliphatic rings. The molecule has 0 spiro atoms. The highest BCUT2D eigenvalue weighted by molar-refractivity contribution is 5.96. The smallest absolute Gasteiger partial charge is 0.132 e. The van der Waals surface area contributed by atoms with Gasteiger partial charge in [0, 0.05) is 27.6 Å². The van der Waals surface area contributed by atoms with Crippen LogP contribution >= 0.6 is 0 Å². The second kappa shape index (κ2) is 9.87. The Hall–Kier alpha value is -5.47. The molecule has 8 rings (SSSR count). The third-order valence-electron chi connectivity index (χ3n) is 8.42. The molecule has 6 aromatic carbocycles. The van der Waals surface area contributed by atoms with E-state index in [1.165, 1.54) is 11.1 Å². The maximum atomic E-state index is 6.54. The van der Waals surface area contributed by atoms with E-state index >= 15 is 0 Å². The van der Waals surface area contributed by atoms with E-state index in [1.54, 1.807) is 0 Å². The highest BCUT2D eigenvalue weighted by Crippen LogP contribution is 2.57. The van der Waals surface area contributed by atoms with Crippen molar-refractivity contribution in [3.8, 4) is 33.9 Å². The molecule has 0 saturated heterocycles. The summed E-state index contributed by atoms with van der Waals surface area (Å²) in [7, 11) is 0. The van der Waals surface area contributed by atoms with E-state index in [0.29, 0.717) is 0 Å². The zero-order valence-electron chi connectivity index (χ0n) is 22.9. The Bertz CT molecular complexity index is 2020. The standard InChI is InChI=1S/C40H27NO/c1-3-14-28(15-4-1)36-27-26-29-16-13-20-32(39(29)41-36)31-19-7-8-21-33(31)40(30-17-5-2-6-18-30)34-22-9-11-24-37(34)42-38-25-12-10-23-35(38)40/h1-27H. The summed E-state index contributed by atoms with van der Waals surface area (Å²) in [6.07, 6.45) is 0. The minimum Gasteiger partial charge on any atom is -0.457 e. The molecule has 0 radical (unpaired) electrons. The van der Waals surface area contributed by atoms with Gasteiger partial charge in [-0.15, -0.1) is 0 Å². The number of hydrogen-bond acceptors (Lipinski definition) is 2. The minimum atomic E-state index is -0.609. The molecule has 0 bridgehead atoms. The van der Waals surface area contributed by atoms with Crippen LogP contribution in [0.4, 0.5) is 0 Å². The Kier molecular flexibility index (Phi) is 5.72. The predicted octanol–water partition coefficient (Wildman–Crippen LogP) is 10.1. The average Bonchev–Trinajstić information content (AvgIpc) is 3.07. The monoisotopic (exact) mass is 537 g/mol. The van der Waals surface area contributed by atoms with Gasteiger partial charge in [0.15, 0.2) is 0 Å². The van der Waals surface area contributed by atoms with E-state index in [-0.39, 0.29) is 0 Å². The van der Waals surface area contributed by atoms with Crippen molar-refractivity contribution in [2.24, 2.45) is 0 Å². The van der Waals surface area contributed by atoms with E-state index in [9.17, 15) is 0 Å². The number of fused-ring (bicyclic) bond motifs is 3. The van der Waals surface area contributed by atoms with Gasteiger partial charge < -0.3 is 4.74 Å². The van der Waals surface area contributed by atoms with E-state index < -0.39 is 5.41 Å². The third kappa shape index (κ3) is 3.69. The molecule has 0 saturated carbocycles. The Morgan fingerprint density at radius 1 is 0.429 bits per heavy atom. The van der Waals surface area contributed by atoms with Crippen LogP contribution in [0, 0.1) is 0 Å². The van der Waals surface area contributed by atoms with Gasteiger partial charge >= 0.3 is 0 Å². The summed E-state index contributed by atoms with van der Waals surface area (Å²) < 4.78 is 6.54. The van der Waals surface area contributed by atoms with Crippen LogP contribution < -0.4 is 4.74 Å². The van der Waals surface area contributed by atoms with E-state index in [2.05, 4.69) is 146 Å². The molecule has 198 valence electrons. The average molecular weight is 538 g/mol. The number of pyridine rings is 1. The molecule has 0 fully saturated rings. The molecule has 2 heteroatoms. The quantitative estimate of drug-likeness (QED) is 0.223. The molecule has 0 N–H and O–H groups in total. The lowest BCUT2D eigenvalue weighted by molar-refractivity contribution is 0.434. The molecular formula is C40H27NO. The summed E-state index contributed by atoms with van der Waals surface area (Å²) in [5, 5.41) is 1.11. The Balaban J connectivity index is 1.48. The van der Waals surface area contributed by atoms with Crippen LogP contribution in [-0.4, -0.2) is 4.98 Å². The number of benzene rings is 6. The van der Waals surface area contributed by atoms with Gasteiger partial charge in [0.25, 0.3) is 0 Å². The van der Waals surface area contributed by atoms with E-state index in [1.807, 2.05) is 18.2 Å². The van der Waals surface area contributed by atoms with Gasteiger partial charge in [0.05, 0.1) is 16.6 Å². The molecule has 0 unspecified atom stereocenters. The minimum absolute atomic E-state index is 0.609. The first-order chi connectivity index (χ1) is 20.8. The number of rotatable bonds is 4. The first-order valence-electron chi connectivity index (χ1n) is 14.3. The molecule has 42 heavy (non-hydrogen) atoms. The van der Waals surface area contributed by atoms with Crippen molar-refractivity contribution in [3.63, 3.8) is 0 Å². The van der Waals surface area contributed by atoms with Crippen molar-refractivity contribution in [1.29, 1.82) is 0 Å². The largest absolute Gasteiger partial charge is 0.457 e. The second-order valence-electron chi connectivity index (χ2n) is 10.7. The van der Waals surface area contributed by atoms with Gasteiger partial charge in [-0.25, -0.2) is 4.98 Å². The van der Waals surface area contributed by atoms with Crippen molar-refractivity contribution in [3.05, 3.63) is 186 Å². The van der Waals surface area contributed by atoms with Crippen LogP contribution in [0.15, 0.2) is 164 Å². The number of nitrogens with zero attached hydrogens (tertiary/aromatic N) is 1. The third-order valence-corrected chi connectivity index (χ3v) is 8.42. The van der Waals surface area contributed by atoms with E-state index in [4.69, 9.17) is 9.72 Å². The summed E-state index contributed by atoms with van der Waals surface area (Å²) in [5.74, 6) is 1.74. The molecular weight excluding hydrogens is 510 g/mol. The summed E-state index contributed by atoms with van der Waals surface area (Å²) in [4.78, 5) is 5.27. The molecule has 2 nitrogen and oxygen atoms in total. The molecule has 0 amide bonds. The predicted molar refractivity (Wildman–Crippen MR) is 171 cm³/mol. The van der Waals surface area contributed by atoms with Gasteiger partial charge in [0.1, 0.15) is 11.5 Å². The van der Waals surface area contributed by atoms with Gasteiger partial charge in [-0.2, -0.15) is 0 Å². The summed E-state index contributed by atoms with van der Waals surface area (Å²) >= 11 is 0. The number of aromatic nitrogens is 1. The van der Waals surface area contributed by atoms with Crippen LogP contribution in [0.5, 0.6) is 11.5 Å². The molecule has 1 aliphatic heterocycles. The van der Waals surface area contributed by atoms with Crippen molar-refractivity contribution >= 4 is 10.9 Å². The van der Waals surface area contributed by atoms with Crippen LogP contribution in [0.2, 0.25) is 0 Å². The summed E-state index contributed by atoms with van der Waals surface area (Å²) in [6, 6.07) is 57.7. The van der Waals surface area contributed by atoms with Crippen LogP contribution in [-0.2, 0) is 5.41 Å². The lowest BCUT2D eigenvalue weighted by Gasteiger charge is -2.42. The number of ether oxygens (including phenoxy) is 1. The molecule has 0 aliphatic carbocycles. The Labute approximate surface area is 245 Å². The lowest BCUT2D eigenvalue weighted by Crippen LogP contribution is -2.34. The van der Waals surface area contributed by atoms with Crippen molar-refractivity contribution in [2.45, 2.75) is 5.41 Å². The number of hydrogen-bond donors (Lipinski definition) is 0. The van der Waals surface area contributed by atoms with Crippen LogP contribution in [0.3, 0.4) is 0 Å². The molecule has 0 atom stereocenters. The summed E-state index contributed by atoms with van der Waals surface area (Å²) in [5.41, 5.74) is 9.35. The Morgan fingerprint density at radius 2 is 1.00 bits per heavy atom. The van der Waals surface area contributed by atoms with Gasteiger partial charge in [0.2, 0.25) is 0 Å². The summed E-state index contributed by atoms with van der Waals surface area (Å²) in [6.45, 7) is 0. The maximum Gasteiger partial charge on any atom is 0.132 e. The van der Waals surface area contributed by atoms with Gasteiger partial charge in [-0.3, -0.25) is 0 Å². The normalized spacial score (nSPS) is 13.1. The molecule has 1 aromatic heterocycles. The van der Waals surface area contributed by atoms with Gasteiger partial charge in [-0.05, 0) is 34.9 Å². The van der Waals surface area contributed by atoms with Crippen molar-refractivity contribution in [1.82, 2.24) is 4.98 Å². The topological polar surface area (TPSA) is 22.1 Å². The molecule has 2 heterocycles. The highest BCUT2D eigenvalue weighted by Gasteiger charge is 2.46. The van der Waals surface area contributed by atoms with Crippen molar-refractivity contribution in [2.75, 3.05) is 0 Å². The van der Waals surface area contributed by atoms with E-state index in [0.717, 1.165) is 55.9 Å². The van der Waals surface area contributed by atoms with Crippen LogP contribution in [0.1, 0.15) is 22.3 Å². The fraction of sp³-hybridized carbons (Fsp3) is 0.0250. The molecule has 7 aromatic rings. The first-order valence-corrected chi connectivity index (χ1v) is 14.3. The number of para-hydroxylation sites is 3. The lowest BCUT2D eigenvalue weighted by atomic mass is 9.62. The van der Waals surface area contributed by atoms with Crippen LogP contribution in [0.25, 0.3) is 33.3 Å². The first kappa shape index (κ1) is 24.3. The SMILES string of the molecule is c1ccc(-c2ccc3cccc(-c4ccccc4C4(c5ccccc5)c5ccccc5Oc5ccccc54)c3n2)cc1. The Morgan fingerprint density at radius 3 is 1.71 bits per heavy atom. The zero-order chi connectivity index (χ0) is 27.9. The van der Waals surface area contributed by atoms with Gasteiger partial charge in [-0.1, -0.05) is 146 Å². The van der Waals surface area contributed by atoms with Crippen molar-refractivity contribution < 1.29 is 4.74 Å². The highest BCUT2D eigenvalue weighted by atomic mass is 16.5. The fourth-order valence-corrected chi connectivity index (χ4v) is 6.62. The maximum absolute atomic E-state index is 6.54.